The molecule has 0 amide bonds. The minimum absolute atomic E-state index is 0.274. The Labute approximate surface area is 214 Å². The van der Waals surface area contributed by atoms with Crippen molar-refractivity contribution in [2.24, 2.45) is 0 Å². The third-order valence-electron chi connectivity index (χ3n) is 5.85. The maximum atomic E-state index is 12.7. The van der Waals surface area contributed by atoms with E-state index in [9.17, 15) is 14.4 Å². The molecule has 0 N–H and O–H groups in total. The molecule has 34 heavy (non-hydrogen) atoms. The fourth-order valence-corrected chi connectivity index (χ4v) is 10.8. The van der Waals surface area contributed by atoms with Crippen molar-refractivity contribution in [3.05, 3.63) is 0 Å². The predicted molar refractivity (Wildman–Crippen MR) is 139 cm³/mol. The van der Waals surface area contributed by atoms with Crippen molar-refractivity contribution in [1.29, 1.82) is 0 Å². The van der Waals surface area contributed by atoms with E-state index in [4.69, 9.17) is 9.22 Å². The van der Waals surface area contributed by atoms with Gasteiger partial charge in [-0.25, -0.2) is 0 Å². The molecule has 0 saturated carbocycles. The minimum atomic E-state index is -4.73. The molecule has 0 aromatic carbocycles. The maximum absolute atomic E-state index is 12.7. The molecule has 0 bridgehead atoms. The van der Waals surface area contributed by atoms with Gasteiger partial charge >= 0.3 is 215 Å². The number of rotatable bonds is 23. The molecule has 0 heterocycles. The van der Waals surface area contributed by atoms with E-state index in [1.165, 1.54) is 0 Å². The zero-order valence-corrected chi connectivity index (χ0v) is 25.4. The number of hydrogen-bond acceptors (Lipinski definition) is 6. The Morgan fingerprint density at radius 2 is 0.735 bits per heavy atom. The third-order valence-corrected chi connectivity index (χ3v) is 13.2. The van der Waals surface area contributed by atoms with Crippen LogP contribution in [-0.2, 0) is 23.6 Å². The summed E-state index contributed by atoms with van der Waals surface area (Å²) in [6, 6.07) is 0. The van der Waals surface area contributed by atoms with E-state index in [1.54, 1.807) is 0 Å². The molecule has 0 aromatic heterocycles. The molecule has 0 fully saturated rings. The van der Waals surface area contributed by atoms with Crippen LogP contribution in [0.5, 0.6) is 0 Å². The van der Waals surface area contributed by atoms with Crippen molar-refractivity contribution in [2.45, 2.75) is 154 Å². The summed E-state index contributed by atoms with van der Waals surface area (Å²) in [6.45, 7) is 8.49. The predicted octanol–water partition coefficient (Wildman–Crippen LogP) is 8.05. The Kier molecular flexibility index (Phi) is 22.1. The molecule has 7 heteroatoms. The van der Waals surface area contributed by atoms with Gasteiger partial charge in [0, 0.05) is 0 Å². The van der Waals surface area contributed by atoms with Crippen LogP contribution in [0.3, 0.4) is 0 Å². The molecule has 0 aliphatic rings. The van der Waals surface area contributed by atoms with Crippen molar-refractivity contribution >= 4 is 37.5 Å². The average Bonchev–Trinajstić information content (AvgIpc) is 2.80. The van der Waals surface area contributed by atoms with Gasteiger partial charge in [0.05, 0.1) is 0 Å². The zero-order valence-electron chi connectivity index (χ0n) is 22.6. The van der Waals surface area contributed by atoms with E-state index in [1.807, 2.05) is 0 Å². The Hall–Kier alpha value is -0.791. The van der Waals surface area contributed by atoms with Gasteiger partial charge in [0.2, 0.25) is 0 Å². The molecular weight excluding hydrogens is 539 g/mol. The molecule has 0 unspecified atom stereocenters. The second-order valence-electron chi connectivity index (χ2n) is 9.35. The van der Waals surface area contributed by atoms with Crippen molar-refractivity contribution in [3.63, 3.8) is 0 Å². The van der Waals surface area contributed by atoms with Crippen LogP contribution in [-0.4, -0.2) is 37.5 Å². The molecule has 0 aliphatic carbocycles. The van der Waals surface area contributed by atoms with Crippen molar-refractivity contribution in [3.8, 4) is 0 Å². The fraction of sp³-hybridized carbons (Fsp3) is 0.889. The van der Waals surface area contributed by atoms with E-state index < -0.39 is 19.6 Å². The normalized spacial score (nSPS) is 11.3. The van der Waals surface area contributed by atoms with Crippen molar-refractivity contribution in [1.82, 2.24) is 0 Å². The zero-order chi connectivity index (χ0) is 25.5. The average molecular weight is 591 g/mol. The molecule has 200 valence electrons. The molecule has 0 spiro atoms. The van der Waals surface area contributed by atoms with Gasteiger partial charge in [-0.1, -0.05) is 0 Å². The van der Waals surface area contributed by atoms with Crippen LogP contribution in [0.1, 0.15) is 150 Å². The van der Waals surface area contributed by atoms with Crippen LogP contribution in [0.15, 0.2) is 0 Å². The summed E-state index contributed by atoms with van der Waals surface area (Å²) < 4.78 is 18.0. The summed E-state index contributed by atoms with van der Waals surface area (Å²) in [5.41, 5.74) is 0. The molecule has 0 radical (unpaired) electrons. The summed E-state index contributed by atoms with van der Waals surface area (Å²) in [4.78, 5) is 38.2. The SMILES string of the molecule is CCCCCCC(=O)[O][Sn]([CH2]CCCCC)([O]C(=O)CCCCCC)[O]C(=O)CCCCCC. The quantitative estimate of drug-likeness (QED) is 0.0884. The van der Waals surface area contributed by atoms with Crippen LogP contribution >= 0.6 is 0 Å². The van der Waals surface area contributed by atoms with Crippen LogP contribution in [0.2, 0.25) is 4.44 Å². The second kappa shape index (κ2) is 22.7. The first-order valence-corrected chi connectivity index (χ1v) is 19.6. The summed E-state index contributed by atoms with van der Waals surface area (Å²) in [5, 5.41) is 0. The second-order valence-corrected chi connectivity index (χ2v) is 16.4. The first-order valence-electron chi connectivity index (χ1n) is 14.1. The van der Waals surface area contributed by atoms with Crippen LogP contribution in [0.4, 0.5) is 0 Å². The Balaban J connectivity index is 5.35. The van der Waals surface area contributed by atoms with Crippen LogP contribution < -0.4 is 0 Å². The summed E-state index contributed by atoms with van der Waals surface area (Å²) in [7, 11) is 0. The Bertz CT molecular complexity index is 473. The van der Waals surface area contributed by atoms with E-state index in [-0.39, 0.29) is 37.2 Å². The molecule has 0 aromatic rings. The van der Waals surface area contributed by atoms with Gasteiger partial charge in [0.15, 0.2) is 0 Å². The number of carbonyl (C=O) groups is 3. The van der Waals surface area contributed by atoms with E-state index in [0.29, 0.717) is 4.44 Å². The molecule has 0 saturated heterocycles. The summed E-state index contributed by atoms with van der Waals surface area (Å²) >= 11 is -4.73. The monoisotopic (exact) mass is 592 g/mol. The van der Waals surface area contributed by atoms with Gasteiger partial charge in [-0.05, 0) is 0 Å². The van der Waals surface area contributed by atoms with Gasteiger partial charge in [-0.2, -0.15) is 0 Å². The first kappa shape index (κ1) is 33.2. The van der Waals surface area contributed by atoms with E-state index in [2.05, 4.69) is 27.7 Å². The van der Waals surface area contributed by atoms with Crippen molar-refractivity contribution < 1.29 is 23.6 Å². The van der Waals surface area contributed by atoms with Gasteiger partial charge in [0.1, 0.15) is 0 Å². The topological polar surface area (TPSA) is 78.9 Å². The van der Waals surface area contributed by atoms with E-state index >= 15 is 0 Å². The van der Waals surface area contributed by atoms with Crippen LogP contribution in [0.25, 0.3) is 0 Å². The molecule has 6 nitrogen and oxygen atoms in total. The van der Waals surface area contributed by atoms with Gasteiger partial charge in [-0.15, -0.1) is 0 Å². The Morgan fingerprint density at radius 1 is 0.441 bits per heavy atom. The summed E-state index contributed by atoms with van der Waals surface area (Å²) in [6.07, 6.45) is 16.1. The standard InChI is InChI=1S/3C7H14O2.C6H13.Sn/c3*1-2-3-4-5-6-7(8)9;1-3-5-6-4-2;/h3*2-6H2,1H3,(H,8,9);1,3-6H2,2H3;/q;;;;+3/p-3. The molecule has 0 atom stereocenters. The van der Waals surface area contributed by atoms with Gasteiger partial charge in [-0.3, -0.25) is 0 Å². The molecular formula is C27H52O6Sn. The Morgan fingerprint density at radius 3 is 1.03 bits per heavy atom. The summed E-state index contributed by atoms with van der Waals surface area (Å²) in [5.74, 6) is -1.17. The molecule has 0 rings (SSSR count). The third kappa shape index (κ3) is 18.5. The fourth-order valence-electron chi connectivity index (χ4n) is 3.75. The van der Waals surface area contributed by atoms with Gasteiger partial charge in [0.25, 0.3) is 0 Å². The first-order chi connectivity index (χ1) is 16.4. The number of carbonyl (C=O) groups excluding carboxylic acids is 3. The molecule has 0 aliphatic heterocycles. The number of unbranched alkanes of at least 4 members (excludes halogenated alkanes) is 12. The van der Waals surface area contributed by atoms with Gasteiger partial charge < -0.3 is 0 Å². The van der Waals surface area contributed by atoms with E-state index in [0.717, 1.165) is 103 Å². The van der Waals surface area contributed by atoms with Crippen LogP contribution in [0, 0.1) is 0 Å². The number of hydrogen-bond donors (Lipinski definition) is 0. The van der Waals surface area contributed by atoms with Crippen molar-refractivity contribution in [2.75, 3.05) is 0 Å².